The van der Waals surface area contributed by atoms with Gasteiger partial charge in [-0.05, 0) is 19.8 Å². The molecule has 0 radical (unpaired) electrons. The largest absolute Gasteiger partial charge is 0.387 e. The summed E-state index contributed by atoms with van der Waals surface area (Å²) < 4.78 is 0. The Kier molecular flexibility index (Phi) is 5.25. The second kappa shape index (κ2) is 6.23. The molecule has 0 heterocycles. The number of hydrogen-bond acceptors (Lipinski definition) is 3. The molecule has 2 unspecified atom stereocenters. The summed E-state index contributed by atoms with van der Waals surface area (Å²) in [6, 6.07) is 0. The Hall–Kier alpha value is -0.420. The van der Waals surface area contributed by atoms with Crippen molar-refractivity contribution < 1.29 is 20.6 Å². The van der Waals surface area contributed by atoms with Gasteiger partial charge in [-0.25, -0.2) is 0 Å². The van der Waals surface area contributed by atoms with Gasteiger partial charge < -0.3 is 20.6 Å². The van der Waals surface area contributed by atoms with E-state index >= 15 is 0 Å². The van der Waals surface area contributed by atoms with Crippen LogP contribution in [0.3, 0.4) is 0 Å². The number of rotatable bonds is 7. The van der Waals surface area contributed by atoms with Crippen LogP contribution in [0.4, 0.5) is 0 Å². The smallest absolute Gasteiger partial charge is 0.131 e. The fourth-order valence-electron chi connectivity index (χ4n) is 1.53. The topological polar surface area (TPSA) is 77.3 Å². The van der Waals surface area contributed by atoms with E-state index in [9.17, 15) is 15.3 Å². The Morgan fingerprint density at radius 1 is 1.33 bits per heavy atom. The lowest BCUT2D eigenvalue weighted by atomic mass is 10.1. The number of allylic oxidation sites excluding steroid dienone is 1. The van der Waals surface area contributed by atoms with Gasteiger partial charge in [0, 0.05) is 5.92 Å². The van der Waals surface area contributed by atoms with E-state index in [1.54, 1.807) is 13.0 Å². The first-order chi connectivity index (χ1) is 7.15. The molecule has 0 saturated heterocycles. The van der Waals surface area contributed by atoms with Crippen LogP contribution in [0.5, 0.6) is 0 Å². The molecular formula is C11H22NO3+. The van der Waals surface area contributed by atoms with Gasteiger partial charge in [0.25, 0.3) is 0 Å². The molecule has 15 heavy (non-hydrogen) atoms. The van der Waals surface area contributed by atoms with Crippen LogP contribution in [-0.4, -0.2) is 46.7 Å². The molecule has 0 amide bonds. The third kappa shape index (κ3) is 4.75. The van der Waals surface area contributed by atoms with E-state index < -0.39 is 18.3 Å². The highest BCUT2D eigenvalue weighted by atomic mass is 16.4. The van der Waals surface area contributed by atoms with E-state index in [0.717, 1.165) is 12.5 Å². The maximum Gasteiger partial charge on any atom is 0.131 e. The Morgan fingerprint density at radius 3 is 2.53 bits per heavy atom. The van der Waals surface area contributed by atoms with Crippen LogP contribution in [0.25, 0.3) is 0 Å². The van der Waals surface area contributed by atoms with Crippen molar-refractivity contribution in [2.45, 2.75) is 38.1 Å². The summed E-state index contributed by atoms with van der Waals surface area (Å²) in [5.41, 5.74) is 0. The molecule has 0 aliphatic heterocycles. The highest BCUT2D eigenvalue weighted by Gasteiger charge is 2.26. The zero-order valence-electron chi connectivity index (χ0n) is 9.21. The molecule has 4 heteroatoms. The normalized spacial score (nSPS) is 22.9. The number of aliphatic hydroxyl groups excluding tert-OH is 3. The predicted molar refractivity (Wildman–Crippen MR) is 57.2 cm³/mol. The lowest BCUT2D eigenvalue weighted by Gasteiger charge is -2.19. The van der Waals surface area contributed by atoms with Crippen molar-refractivity contribution in [2.24, 2.45) is 5.92 Å². The fourth-order valence-corrected chi connectivity index (χ4v) is 1.53. The molecule has 1 aliphatic rings. The van der Waals surface area contributed by atoms with E-state index in [2.05, 4.69) is 0 Å². The van der Waals surface area contributed by atoms with Gasteiger partial charge in [-0.15, -0.1) is 0 Å². The summed E-state index contributed by atoms with van der Waals surface area (Å²) in [5.74, 6) is 0.801. The summed E-state index contributed by atoms with van der Waals surface area (Å²) in [5, 5.41) is 30.5. The highest BCUT2D eigenvalue weighted by Crippen LogP contribution is 2.26. The summed E-state index contributed by atoms with van der Waals surface area (Å²) in [6.07, 6.45) is 2.79. The van der Waals surface area contributed by atoms with Gasteiger partial charge in [0.1, 0.15) is 24.9 Å². The summed E-state index contributed by atoms with van der Waals surface area (Å²) >= 11 is 0. The van der Waals surface area contributed by atoms with Crippen molar-refractivity contribution in [1.82, 2.24) is 0 Å². The van der Waals surface area contributed by atoms with Crippen LogP contribution in [0, 0.1) is 5.92 Å². The molecule has 1 saturated carbocycles. The van der Waals surface area contributed by atoms with Crippen molar-refractivity contribution in [3.8, 4) is 0 Å². The SMILES string of the molecule is C/C=C\C(O)[C@H](O)C(O)C[NH2+]CC1CC1. The monoisotopic (exact) mass is 216 g/mol. The zero-order chi connectivity index (χ0) is 11.3. The Labute approximate surface area is 90.6 Å². The number of aliphatic hydroxyl groups is 3. The second-order valence-corrected chi connectivity index (χ2v) is 4.28. The van der Waals surface area contributed by atoms with Crippen molar-refractivity contribution in [3.63, 3.8) is 0 Å². The Balaban J connectivity index is 2.15. The van der Waals surface area contributed by atoms with Crippen LogP contribution in [0.1, 0.15) is 19.8 Å². The fraction of sp³-hybridized carbons (Fsp3) is 0.818. The molecule has 1 fully saturated rings. The molecular weight excluding hydrogens is 194 g/mol. The first-order valence-electron chi connectivity index (χ1n) is 5.63. The first kappa shape index (κ1) is 12.6. The van der Waals surface area contributed by atoms with Crippen LogP contribution < -0.4 is 5.32 Å². The van der Waals surface area contributed by atoms with Crippen LogP contribution in [-0.2, 0) is 0 Å². The molecule has 0 aromatic carbocycles. The average molecular weight is 216 g/mol. The molecule has 4 nitrogen and oxygen atoms in total. The Bertz CT molecular complexity index is 204. The Morgan fingerprint density at radius 2 is 2.00 bits per heavy atom. The number of hydrogen-bond donors (Lipinski definition) is 4. The van der Waals surface area contributed by atoms with Gasteiger partial charge in [0.15, 0.2) is 0 Å². The lowest BCUT2D eigenvalue weighted by Crippen LogP contribution is -2.87. The lowest BCUT2D eigenvalue weighted by molar-refractivity contribution is -0.664. The third-order valence-electron chi connectivity index (χ3n) is 2.74. The van der Waals surface area contributed by atoms with E-state index in [4.69, 9.17) is 0 Å². The number of nitrogens with two attached hydrogens (primary N) is 1. The first-order valence-corrected chi connectivity index (χ1v) is 5.63. The van der Waals surface area contributed by atoms with Crippen molar-refractivity contribution in [1.29, 1.82) is 0 Å². The van der Waals surface area contributed by atoms with Gasteiger partial charge >= 0.3 is 0 Å². The van der Waals surface area contributed by atoms with Crippen LogP contribution in [0.2, 0.25) is 0 Å². The molecule has 5 N–H and O–H groups in total. The zero-order valence-corrected chi connectivity index (χ0v) is 9.21. The molecule has 1 aliphatic carbocycles. The van der Waals surface area contributed by atoms with Crippen LogP contribution >= 0.6 is 0 Å². The van der Waals surface area contributed by atoms with E-state index in [1.165, 1.54) is 18.9 Å². The van der Waals surface area contributed by atoms with Crippen molar-refractivity contribution in [3.05, 3.63) is 12.2 Å². The standard InChI is InChI=1S/C11H21NO3/c1-2-3-9(13)11(15)10(14)7-12-6-8-4-5-8/h2-3,8-15H,4-7H2,1H3/p+1/b3-2-/t9?,10?,11-/m0/s1. The second-order valence-electron chi connectivity index (χ2n) is 4.28. The highest BCUT2D eigenvalue weighted by molar-refractivity contribution is 4.92. The molecule has 0 bridgehead atoms. The minimum atomic E-state index is -1.09. The van der Waals surface area contributed by atoms with Gasteiger partial charge in [0.2, 0.25) is 0 Å². The van der Waals surface area contributed by atoms with Gasteiger partial charge in [-0.3, -0.25) is 0 Å². The summed E-state index contributed by atoms with van der Waals surface area (Å²) in [4.78, 5) is 0. The average Bonchev–Trinajstić information content (AvgIpc) is 3.00. The molecule has 0 spiro atoms. The third-order valence-corrected chi connectivity index (χ3v) is 2.74. The van der Waals surface area contributed by atoms with Gasteiger partial charge in [0.05, 0.1) is 6.54 Å². The maximum atomic E-state index is 9.57. The van der Waals surface area contributed by atoms with Crippen molar-refractivity contribution in [2.75, 3.05) is 13.1 Å². The quantitative estimate of drug-likeness (QED) is 0.396. The van der Waals surface area contributed by atoms with E-state index in [0.29, 0.717) is 6.54 Å². The van der Waals surface area contributed by atoms with Crippen LogP contribution in [0.15, 0.2) is 12.2 Å². The predicted octanol–water partition coefficient (Wildman–Crippen LogP) is -1.38. The van der Waals surface area contributed by atoms with E-state index in [-0.39, 0.29) is 0 Å². The molecule has 0 aromatic heterocycles. The van der Waals surface area contributed by atoms with Gasteiger partial charge in [-0.2, -0.15) is 0 Å². The molecule has 3 atom stereocenters. The van der Waals surface area contributed by atoms with Gasteiger partial charge in [-0.1, -0.05) is 12.2 Å². The molecule has 88 valence electrons. The maximum absolute atomic E-state index is 9.57. The van der Waals surface area contributed by atoms with E-state index in [1.807, 2.05) is 5.32 Å². The van der Waals surface area contributed by atoms with Crippen molar-refractivity contribution >= 4 is 0 Å². The molecule has 0 aromatic rings. The minimum Gasteiger partial charge on any atom is -0.387 e. The summed E-state index contributed by atoms with van der Waals surface area (Å²) in [7, 11) is 0. The summed E-state index contributed by atoms with van der Waals surface area (Å²) in [6.45, 7) is 3.23. The minimum absolute atomic E-state index is 0.451. The number of quaternary nitrogens is 1. The molecule has 1 rings (SSSR count).